The zero-order valence-corrected chi connectivity index (χ0v) is 10.5. The van der Waals surface area contributed by atoms with Crippen molar-refractivity contribution in [1.29, 1.82) is 5.26 Å². The molecule has 0 spiro atoms. The van der Waals surface area contributed by atoms with Crippen LogP contribution in [-0.4, -0.2) is 17.5 Å². The minimum Gasteiger partial charge on any atom is -0.296 e. The van der Waals surface area contributed by atoms with Gasteiger partial charge in [0.15, 0.2) is 0 Å². The van der Waals surface area contributed by atoms with Crippen LogP contribution in [0.4, 0.5) is 0 Å². The molecule has 1 aromatic carbocycles. The van der Waals surface area contributed by atoms with Gasteiger partial charge in [0.1, 0.15) is 0 Å². The largest absolute Gasteiger partial charge is 0.296 e. The molecule has 0 fully saturated rings. The topological polar surface area (TPSA) is 27.0 Å². The average molecular weight is 237 g/mol. The summed E-state index contributed by atoms with van der Waals surface area (Å²) in [6, 6.07) is 10.5. The molecule has 0 aliphatic carbocycles. The van der Waals surface area contributed by atoms with Crippen LogP contribution in [0.1, 0.15) is 25.8 Å². The molecule has 0 aliphatic rings. The third kappa shape index (κ3) is 4.22. The normalized spacial score (nSPS) is 10.8. The van der Waals surface area contributed by atoms with E-state index in [9.17, 15) is 0 Å². The Hall–Kier alpha value is -1.04. The second-order valence-electron chi connectivity index (χ2n) is 4.10. The van der Waals surface area contributed by atoms with Crippen LogP contribution in [0.2, 0.25) is 5.02 Å². The van der Waals surface area contributed by atoms with Crippen molar-refractivity contribution >= 4 is 11.6 Å². The molecule has 1 rings (SSSR count). The van der Waals surface area contributed by atoms with Crippen molar-refractivity contribution in [3.8, 4) is 6.07 Å². The maximum atomic E-state index is 8.61. The fraction of sp³-hybridized carbons (Fsp3) is 0.462. The molecule has 0 radical (unpaired) electrons. The quantitative estimate of drug-likeness (QED) is 0.783. The molecule has 16 heavy (non-hydrogen) atoms. The van der Waals surface area contributed by atoms with Crippen molar-refractivity contribution in [2.24, 2.45) is 0 Å². The summed E-state index contributed by atoms with van der Waals surface area (Å²) in [4.78, 5) is 2.27. The Morgan fingerprint density at radius 3 is 2.75 bits per heavy atom. The van der Waals surface area contributed by atoms with Crippen LogP contribution in [0.3, 0.4) is 0 Å². The van der Waals surface area contributed by atoms with Gasteiger partial charge in [-0.3, -0.25) is 4.90 Å². The smallest absolute Gasteiger partial charge is 0.0635 e. The number of benzene rings is 1. The number of nitriles is 1. The SMILES string of the molecule is CC(C)N(CCC#N)Cc1cccc(Cl)c1. The molecular formula is C13H17ClN2. The van der Waals surface area contributed by atoms with Crippen LogP contribution < -0.4 is 0 Å². The van der Waals surface area contributed by atoms with Crippen LogP contribution >= 0.6 is 11.6 Å². The average Bonchev–Trinajstić information content (AvgIpc) is 2.24. The molecule has 0 atom stereocenters. The van der Waals surface area contributed by atoms with Crippen molar-refractivity contribution in [2.45, 2.75) is 32.9 Å². The molecule has 0 heterocycles. The highest BCUT2D eigenvalue weighted by atomic mass is 35.5. The number of hydrogen-bond acceptors (Lipinski definition) is 2. The van der Waals surface area contributed by atoms with E-state index in [1.54, 1.807) is 0 Å². The molecule has 0 unspecified atom stereocenters. The van der Waals surface area contributed by atoms with Gasteiger partial charge in [-0.1, -0.05) is 23.7 Å². The molecule has 2 nitrogen and oxygen atoms in total. The van der Waals surface area contributed by atoms with E-state index in [1.807, 2.05) is 18.2 Å². The molecule has 0 saturated carbocycles. The summed E-state index contributed by atoms with van der Waals surface area (Å²) in [6.45, 7) is 5.93. The van der Waals surface area contributed by atoms with Gasteiger partial charge in [0, 0.05) is 30.6 Å². The lowest BCUT2D eigenvalue weighted by molar-refractivity contribution is 0.218. The highest BCUT2D eigenvalue weighted by Crippen LogP contribution is 2.14. The summed E-state index contributed by atoms with van der Waals surface area (Å²) < 4.78 is 0. The van der Waals surface area contributed by atoms with Crippen molar-refractivity contribution in [3.05, 3.63) is 34.9 Å². The molecule has 0 saturated heterocycles. The monoisotopic (exact) mass is 236 g/mol. The second-order valence-corrected chi connectivity index (χ2v) is 4.54. The van der Waals surface area contributed by atoms with Crippen LogP contribution in [0.15, 0.2) is 24.3 Å². The van der Waals surface area contributed by atoms with E-state index < -0.39 is 0 Å². The minimum atomic E-state index is 0.437. The number of halogens is 1. The van der Waals surface area contributed by atoms with Crippen LogP contribution in [0.25, 0.3) is 0 Å². The van der Waals surface area contributed by atoms with E-state index >= 15 is 0 Å². The van der Waals surface area contributed by atoms with Crippen molar-refractivity contribution in [3.63, 3.8) is 0 Å². The standard InChI is InChI=1S/C13H17ClN2/c1-11(2)16(8-4-7-15)10-12-5-3-6-13(14)9-12/h3,5-6,9,11H,4,8,10H2,1-2H3. The predicted octanol–water partition coefficient (Wildman–Crippen LogP) is 3.46. The Labute approximate surface area is 102 Å². The summed E-state index contributed by atoms with van der Waals surface area (Å²) in [5, 5.41) is 9.37. The molecule has 0 bridgehead atoms. The fourth-order valence-corrected chi connectivity index (χ4v) is 1.80. The van der Waals surface area contributed by atoms with Gasteiger partial charge in [-0.05, 0) is 31.5 Å². The zero-order chi connectivity index (χ0) is 12.0. The van der Waals surface area contributed by atoms with Gasteiger partial charge in [-0.15, -0.1) is 0 Å². The van der Waals surface area contributed by atoms with Crippen molar-refractivity contribution < 1.29 is 0 Å². The van der Waals surface area contributed by atoms with Crippen molar-refractivity contribution in [2.75, 3.05) is 6.54 Å². The van der Waals surface area contributed by atoms with Crippen molar-refractivity contribution in [1.82, 2.24) is 4.90 Å². The lowest BCUT2D eigenvalue weighted by Crippen LogP contribution is -2.31. The molecule has 3 heteroatoms. The highest BCUT2D eigenvalue weighted by Gasteiger charge is 2.09. The Balaban J connectivity index is 2.64. The van der Waals surface area contributed by atoms with Gasteiger partial charge >= 0.3 is 0 Å². The van der Waals surface area contributed by atoms with Crippen LogP contribution in [0, 0.1) is 11.3 Å². The molecular weight excluding hydrogens is 220 g/mol. The number of nitrogens with zero attached hydrogens (tertiary/aromatic N) is 2. The summed E-state index contributed by atoms with van der Waals surface area (Å²) in [6.07, 6.45) is 0.568. The summed E-state index contributed by atoms with van der Waals surface area (Å²) >= 11 is 5.94. The Morgan fingerprint density at radius 2 is 2.19 bits per heavy atom. The zero-order valence-electron chi connectivity index (χ0n) is 9.78. The first-order chi connectivity index (χ1) is 7.63. The van der Waals surface area contributed by atoms with E-state index in [0.717, 1.165) is 18.1 Å². The number of hydrogen-bond donors (Lipinski definition) is 0. The fourth-order valence-electron chi connectivity index (χ4n) is 1.58. The molecule has 0 aromatic heterocycles. The summed E-state index contributed by atoms with van der Waals surface area (Å²) in [5.41, 5.74) is 1.19. The predicted molar refractivity (Wildman–Crippen MR) is 67.2 cm³/mol. The summed E-state index contributed by atoms with van der Waals surface area (Å²) in [5.74, 6) is 0. The van der Waals surface area contributed by atoms with Gasteiger partial charge in [0.25, 0.3) is 0 Å². The first kappa shape index (κ1) is 13.0. The Bertz CT molecular complexity index is 368. The van der Waals surface area contributed by atoms with Gasteiger partial charge in [-0.25, -0.2) is 0 Å². The second kappa shape index (κ2) is 6.52. The third-order valence-electron chi connectivity index (χ3n) is 2.52. The van der Waals surface area contributed by atoms with Gasteiger partial charge in [0.2, 0.25) is 0 Å². The lowest BCUT2D eigenvalue weighted by Gasteiger charge is -2.25. The van der Waals surface area contributed by atoms with Crippen LogP contribution in [-0.2, 0) is 6.54 Å². The van der Waals surface area contributed by atoms with Gasteiger partial charge < -0.3 is 0 Å². The number of rotatable bonds is 5. The lowest BCUT2D eigenvalue weighted by atomic mass is 10.2. The van der Waals surface area contributed by atoms with Gasteiger partial charge in [-0.2, -0.15) is 5.26 Å². The maximum Gasteiger partial charge on any atom is 0.0635 e. The van der Waals surface area contributed by atoms with E-state index in [1.165, 1.54) is 5.56 Å². The first-order valence-corrected chi connectivity index (χ1v) is 5.86. The van der Waals surface area contributed by atoms with E-state index in [0.29, 0.717) is 12.5 Å². The highest BCUT2D eigenvalue weighted by molar-refractivity contribution is 6.30. The molecule has 1 aromatic rings. The Morgan fingerprint density at radius 1 is 1.44 bits per heavy atom. The van der Waals surface area contributed by atoms with E-state index in [4.69, 9.17) is 16.9 Å². The third-order valence-corrected chi connectivity index (χ3v) is 2.75. The van der Waals surface area contributed by atoms with E-state index in [-0.39, 0.29) is 0 Å². The van der Waals surface area contributed by atoms with Crippen LogP contribution in [0.5, 0.6) is 0 Å². The molecule has 0 N–H and O–H groups in total. The van der Waals surface area contributed by atoms with E-state index in [2.05, 4.69) is 30.9 Å². The molecule has 0 aliphatic heterocycles. The molecule has 86 valence electrons. The Kier molecular flexibility index (Phi) is 5.31. The summed E-state index contributed by atoms with van der Waals surface area (Å²) in [7, 11) is 0. The first-order valence-electron chi connectivity index (χ1n) is 5.49. The minimum absolute atomic E-state index is 0.437. The molecule has 0 amide bonds. The van der Waals surface area contributed by atoms with Gasteiger partial charge in [0.05, 0.1) is 6.07 Å². The maximum absolute atomic E-state index is 8.61.